The number of nitrogen functional groups attached to an aromatic ring is 1. The number of carbonyl (C=O) groups is 2. The van der Waals surface area contributed by atoms with Gasteiger partial charge in [-0.3, -0.25) is 9.59 Å². The van der Waals surface area contributed by atoms with E-state index >= 15 is 0 Å². The fourth-order valence-corrected chi connectivity index (χ4v) is 3.58. The molecule has 160 valence electrons. The van der Waals surface area contributed by atoms with Gasteiger partial charge in [0.05, 0.1) is 24.1 Å². The molecule has 2 heterocycles. The van der Waals surface area contributed by atoms with Crippen LogP contribution in [0, 0.1) is 5.82 Å². The van der Waals surface area contributed by atoms with Crippen molar-refractivity contribution in [2.24, 2.45) is 0 Å². The zero-order chi connectivity index (χ0) is 21.8. The molecule has 1 aliphatic rings. The second-order valence-electron chi connectivity index (χ2n) is 7.19. The molecule has 1 aliphatic heterocycles. The number of para-hydroxylation sites is 2. The number of benzene rings is 2. The number of piperazine rings is 1. The Kier molecular flexibility index (Phi) is 5.83. The number of nitrogens with zero attached hydrogens (tertiary/aromatic N) is 4. The highest BCUT2D eigenvalue weighted by molar-refractivity contribution is 6.00. The summed E-state index contributed by atoms with van der Waals surface area (Å²) in [4.78, 5) is 28.6. The Bertz CT molecular complexity index is 1080. The van der Waals surface area contributed by atoms with Gasteiger partial charge in [0, 0.05) is 26.2 Å². The summed E-state index contributed by atoms with van der Waals surface area (Å²) in [5, 5.41) is 6.78. The third-order valence-corrected chi connectivity index (χ3v) is 5.28. The summed E-state index contributed by atoms with van der Waals surface area (Å²) in [7, 11) is 0. The maximum absolute atomic E-state index is 14.0. The first kappa shape index (κ1) is 20.4. The quantitative estimate of drug-likeness (QED) is 0.652. The molecule has 0 radical (unpaired) electrons. The van der Waals surface area contributed by atoms with Crippen LogP contribution in [-0.4, -0.2) is 59.2 Å². The van der Waals surface area contributed by atoms with Crippen LogP contribution in [0.5, 0.6) is 0 Å². The molecule has 1 saturated heterocycles. The summed E-state index contributed by atoms with van der Waals surface area (Å²) in [6.45, 7) is 1.82. The summed E-state index contributed by atoms with van der Waals surface area (Å²) in [5.41, 5.74) is 7.56. The lowest BCUT2D eigenvalue weighted by Gasteiger charge is -2.36. The van der Waals surface area contributed by atoms with Crippen LogP contribution in [-0.2, 0) is 4.79 Å². The van der Waals surface area contributed by atoms with E-state index in [0.717, 1.165) is 5.69 Å². The van der Waals surface area contributed by atoms with Crippen molar-refractivity contribution < 1.29 is 14.0 Å². The van der Waals surface area contributed by atoms with Gasteiger partial charge in [0.15, 0.2) is 0 Å². The predicted molar refractivity (Wildman–Crippen MR) is 116 cm³/mol. The maximum Gasteiger partial charge on any atom is 0.257 e. The van der Waals surface area contributed by atoms with Crippen molar-refractivity contribution in [1.82, 2.24) is 20.0 Å². The molecule has 0 unspecified atom stereocenters. The number of amides is 2. The van der Waals surface area contributed by atoms with Crippen molar-refractivity contribution in [2.75, 3.05) is 43.4 Å². The van der Waals surface area contributed by atoms with E-state index in [1.807, 2.05) is 35.2 Å². The van der Waals surface area contributed by atoms with Crippen LogP contribution < -0.4 is 16.0 Å². The van der Waals surface area contributed by atoms with Crippen LogP contribution in [0.3, 0.4) is 0 Å². The first-order valence-electron chi connectivity index (χ1n) is 9.99. The number of nitrogens with two attached hydrogens (primary N) is 1. The molecule has 0 aliphatic carbocycles. The van der Waals surface area contributed by atoms with E-state index in [4.69, 9.17) is 5.73 Å². The smallest absolute Gasteiger partial charge is 0.257 e. The molecule has 3 aromatic rings. The molecule has 2 amide bonds. The molecule has 1 aromatic heterocycles. The monoisotopic (exact) mass is 422 g/mol. The van der Waals surface area contributed by atoms with Gasteiger partial charge in [-0.15, -0.1) is 0 Å². The summed E-state index contributed by atoms with van der Waals surface area (Å²) in [6, 6.07) is 15.8. The Morgan fingerprint density at radius 1 is 1.00 bits per heavy atom. The third-order valence-electron chi connectivity index (χ3n) is 5.28. The highest BCUT2D eigenvalue weighted by Gasteiger charge is 2.23. The third kappa shape index (κ3) is 4.35. The lowest BCUT2D eigenvalue weighted by atomic mass is 10.2. The Morgan fingerprint density at radius 3 is 2.39 bits per heavy atom. The van der Waals surface area contributed by atoms with Gasteiger partial charge in [0.25, 0.3) is 5.91 Å². The van der Waals surface area contributed by atoms with Crippen LogP contribution in [0.4, 0.5) is 15.9 Å². The second-order valence-corrected chi connectivity index (χ2v) is 7.19. The molecule has 0 spiro atoms. The number of rotatable bonds is 5. The fourth-order valence-electron chi connectivity index (χ4n) is 3.58. The molecule has 9 heteroatoms. The average Bonchev–Trinajstić information content (AvgIpc) is 3.19. The van der Waals surface area contributed by atoms with Gasteiger partial charge in [0.1, 0.15) is 17.2 Å². The average molecular weight is 422 g/mol. The molecule has 0 bridgehead atoms. The van der Waals surface area contributed by atoms with Crippen LogP contribution in [0.15, 0.2) is 60.8 Å². The minimum atomic E-state index is -0.460. The minimum absolute atomic E-state index is 0.144. The zero-order valence-corrected chi connectivity index (χ0v) is 16.9. The summed E-state index contributed by atoms with van der Waals surface area (Å²) >= 11 is 0. The zero-order valence-electron chi connectivity index (χ0n) is 16.9. The van der Waals surface area contributed by atoms with Gasteiger partial charge in [-0.2, -0.15) is 5.10 Å². The molecule has 3 N–H and O–H groups in total. The van der Waals surface area contributed by atoms with Crippen molar-refractivity contribution in [2.45, 2.75) is 0 Å². The molecule has 1 fully saturated rings. The lowest BCUT2D eigenvalue weighted by Crippen LogP contribution is -2.51. The van der Waals surface area contributed by atoms with Crippen molar-refractivity contribution in [3.63, 3.8) is 0 Å². The SMILES string of the molecule is Nc1c(C(=O)NCC(=O)N2CCN(c3ccccc3F)CC2)cnn1-c1ccccc1. The van der Waals surface area contributed by atoms with Gasteiger partial charge in [-0.1, -0.05) is 30.3 Å². The van der Waals surface area contributed by atoms with Crippen LogP contribution in [0.25, 0.3) is 5.69 Å². The number of halogens is 1. The fraction of sp³-hybridized carbons (Fsp3) is 0.227. The van der Waals surface area contributed by atoms with E-state index in [-0.39, 0.29) is 29.7 Å². The van der Waals surface area contributed by atoms with Crippen molar-refractivity contribution in [3.8, 4) is 5.69 Å². The highest BCUT2D eigenvalue weighted by atomic mass is 19.1. The number of hydrogen-bond donors (Lipinski definition) is 2. The van der Waals surface area contributed by atoms with E-state index in [1.165, 1.54) is 16.9 Å². The minimum Gasteiger partial charge on any atom is -0.383 e. The Balaban J connectivity index is 1.31. The van der Waals surface area contributed by atoms with Crippen LogP contribution >= 0.6 is 0 Å². The van der Waals surface area contributed by atoms with Gasteiger partial charge in [-0.25, -0.2) is 9.07 Å². The summed E-state index contributed by atoms with van der Waals surface area (Å²) < 4.78 is 15.4. The second kappa shape index (κ2) is 8.86. The molecule has 2 aromatic carbocycles. The Hall–Kier alpha value is -3.88. The van der Waals surface area contributed by atoms with Crippen molar-refractivity contribution in [3.05, 3.63) is 72.2 Å². The van der Waals surface area contributed by atoms with Crippen molar-refractivity contribution in [1.29, 1.82) is 0 Å². The molecule has 31 heavy (non-hydrogen) atoms. The van der Waals surface area contributed by atoms with Gasteiger partial charge in [-0.05, 0) is 24.3 Å². The molecule has 0 atom stereocenters. The van der Waals surface area contributed by atoms with Gasteiger partial charge < -0.3 is 20.9 Å². The number of hydrogen-bond acceptors (Lipinski definition) is 5. The summed E-state index contributed by atoms with van der Waals surface area (Å²) in [6.07, 6.45) is 1.38. The summed E-state index contributed by atoms with van der Waals surface area (Å²) in [5.74, 6) is -0.730. The molecule has 0 saturated carbocycles. The highest BCUT2D eigenvalue weighted by Crippen LogP contribution is 2.20. The maximum atomic E-state index is 14.0. The van der Waals surface area contributed by atoms with Crippen LogP contribution in [0.1, 0.15) is 10.4 Å². The lowest BCUT2D eigenvalue weighted by molar-refractivity contribution is -0.130. The molecule has 4 rings (SSSR count). The van der Waals surface area contributed by atoms with Crippen molar-refractivity contribution >= 4 is 23.3 Å². The molecular formula is C22H23FN6O2. The van der Waals surface area contributed by atoms with Crippen LogP contribution in [0.2, 0.25) is 0 Å². The number of nitrogens with one attached hydrogen (secondary N) is 1. The van der Waals surface area contributed by atoms with E-state index in [0.29, 0.717) is 31.9 Å². The molecular weight excluding hydrogens is 399 g/mol. The molecule has 8 nitrogen and oxygen atoms in total. The van der Waals surface area contributed by atoms with Gasteiger partial charge >= 0.3 is 0 Å². The Morgan fingerprint density at radius 2 is 1.68 bits per heavy atom. The Labute approximate surface area is 179 Å². The van der Waals surface area contributed by atoms with E-state index in [2.05, 4.69) is 10.4 Å². The largest absolute Gasteiger partial charge is 0.383 e. The van der Waals surface area contributed by atoms with E-state index in [9.17, 15) is 14.0 Å². The number of carbonyl (C=O) groups excluding carboxylic acids is 2. The topological polar surface area (TPSA) is 96.5 Å². The first-order chi connectivity index (χ1) is 15.0. The number of anilines is 2. The van der Waals surface area contributed by atoms with E-state index < -0.39 is 5.91 Å². The predicted octanol–water partition coefficient (Wildman–Crippen LogP) is 1.67. The first-order valence-corrected chi connectivity index (χ1v) is 9.99. The van der Waals surface area contributed by atoms with E-state index in [1.54, 1.807) is 23.1 Å². The van der Waals surface area contributed by atoms with Gasteiger partial charge in [0.2, 0.25) is 5.91 Å². The normalized spacial score (nSPS) is 13.8. The number of aromatic nitrogens is 2. The standard InChI is InChI=1S/C22H23FN6O2/c23-18-8-4-5-9-19(18)27-10-12-28(13-11-27)20(30)15-25-22(31)17-14-26-29(21(17)24)16-6-2-1-3-7-16/h1-9,14H,10-13,15,24H2,(H,25,31).